The number of alkyl carbamates (subject to hydrolysis) is 1. The Labute approximate surface area is 328 Å². The molecule has 0 bridgehead atoms. The molecule has 2 atom stereocenters. The normalized spacial score (nSPS) is 17.7. The maximum absolute atomic E-state index is 14.4. The maximum atomic E-state index is 14.4. The Morgan fingerprint density at radius 1 is 1.04 bits per heavy atom. The van der Waals surface area contributed by atoms with Gasteiger partial charge < -0.3 is 36.3 Å². The lowest BCUT2D eigenvalue weighted by Gasteiger charge is -2.42. The van der Waals surface area contributed by atoms with Gasteiger partial charge in [0, 0.05) is 37.4 Å². The van der Waals surface area contributed by atoms with E-state index < -0.39 is 45.2 Å². The molecule has 3 amide bonds. The molecule has 3 aromatic rings. The first kappa shape index (κ1) is 42.2. The van der Waals surface area contributed by atoms with Crippen molar-refractivity contribution in [2.24, 2.45) is 11.7 Å². The quantitative estimate of drug-likeness (QED) is 0.112. The number of hydrogen-bond donors (Lipinski definition) is 6. The number of benzene rings is 1. The summed E-state index contributed by atoms with van der Waals surface area (Å²) in [5.74, 6) is 0.218. The Morgan fingerprint density at radius 3 is 2.44 bits per heavy atom. The van der Waals surface area contributed by atoms with Gasteiger partial charge in [0.1, 0.15) is 28.9 Å². The van der Waals surface area contributed by atoms with E-state index in [-0.39, 0.29) is 43.4 Å². The largest absolute Gasteiger partial charge is 0.444 e. The number of amides is 3. The lowest BCUT2D eigenvalue weighted by Crippen LogP contribution is -2.64. The lowest BCUT2D eigenvalue weighted by molar-refractivity contribution is -0.129. The van der Waals surface area contributed by atoms with Gasteiger partial charge in [-0.25, -0.2) is 27.9 Å². The molecule has 1 aromatic carbocycles. The molecule has 2 aromatic heterocycles. The summed E-state index contributed by atoms with van der Waals surface area (Å²) in [7, 11) is -3.65. The van der Waals surface area contributed by atoms with E-state index in [1.165, 1.54) is 12.7 Å². The SMILES string of the molecule is CC(C)(C)OC(=O)NC1(C(=O)N[C@@H](CCNS(=O)(=O)CCCCNC(=O)[C@H](N)C2CCCCC2)c2ccc(Cl)cc2)CCN(c2ncnc3[nH]ccc23)CC1. The smallest absolute Gasteiger partial charge is 0.408 e. The number of hydrogen-bond acceptors (Lipinski definition) is 10. The van der Waals surface area contributed by atoms with Crippen molar-refractivity contribution in [1.82, 2.24) is 35.6 Å². The molecule has 0 unspecified atom stereocenters. The van der Waals surface area contributed by atoms with E-state index in [0.29, 0.717) is 43.1 Å². The second-order valence-corrected chi connectivity index (χ2v) is 18.0. The second-order valence-electron chi connectivity index (χ2n) is 15.6. The molecule has 302 valence electrons. The van der Waals surface area contributed by atoms with Gasteiger partial charge in [-0.3, -0.25) is 9.59 Å². The third-order valence-corrected chi connectivity index (χ3v) is 12.1. The molecule has 3 heterocycles. The van der Waals surface area contributed by atoms with Crippen molar-refractivity contribution in [3.63, 3.8) is 0 Å². The van der Waals surface area contributed by atoms with E-state index in [4.69, 9.17) is 22.1 Å². The number of anilines is 1. The number of rotatable bonds is 16. The summed E-state index contributed by atoms with van der Waals surface area (Å²) in [6.45, 7) is 6.47. The van der Waals surface area contributed by atoms with Gasteiger partial charge >= 0.3 is 6.09 Å². The minimum atomic E-state index is -3.65. The zero-order valence-corrected chi connectivity index (χ0v) is 33.6. The van der Waals surface area contributed by atoms with Crippen molar-refractivity contribution in [2.45, 2.75) is 108 Å². The Kier molecular flexibility index (Phi) is 14.4. The van der Waals surface area contributed by atoms with Crippen LogP contribution in [0, 0.1) is 5.92 Å². The van der Waals surface area contributed by atoms with Gasteiger partial charge in [-0.15, -0.1) is 0 Å². The Morgan fingerprint density at radius 2 is 1.75 bits per heavy atom. The summed E-state index contributed by atoms with van der Waals surface area (Å²) in [5.41, 5.74) is 5.49. The van der Waals surface area contributed by atoms with E-state index in [1.54, 1.807) is 51.2 Å². The molecule has 55 heavy (non-hydrogen) atoms. The lowest BCUT2D eigenvalue weighted by atomic mass is 9.84. The number of piperidine rings is 1. The van der Waals surface area contributed by atoms with Gasteiger partial charge in [0.2, 0.25) is 21.8 Å². The zero-order valence-electron chi connectivity index (χ0n) is 32.0. The molecule has 1 saturated carbocycles. The summed E-state index contributed by atoms with van der Waals surface area (Å²) in [4.78, 5) is 54.0. The molecule has 7 N–H and O–H groups in total. The number of nitrogens with one attached hydrogen (secondary N) is 5. The van der Waals surface area contributed by atoms with Crippen LogP contribution in [0.2, 0.25) is 5.02 Å². The fourth-order valence-electron chi connectivity index (χ4n) is 7.32. The third kappa shape index (κ3) is 12.0. The van der Waals surface area contributed by atoms with E-state index >= 15 is 0 Å². The van der Waals surface area contributed by atoms with Crippen LogP contribution in [0.15, 0.2) is 42.9 Å². The highest BCUT2D eigenvalue weighted by Crippen LogP contribution is 2.31. The molecule has 1 saturated heterocycles. The van der Waals surface area contributed by atoms with Crippen LogP contribution in [0.5, 0.6) is 0 Å². The van der Waals surface area contributed by atoms with Crippen LogP contribution in [0.25, 0.3) is 11.0 Å². The first-order valence-electron chi connectivity index (χ1n) is 19.3. The van der Waals surface area contributed by atoms with Crippen molar-refractivity contribution in [1.29, 1.82) is 0 Å². The summed E-state index contributed by atoms with van der Waals surface area (Å²) >= 11 is 6.19. The Balaban J connectivity index is 1.20. The second kappa shape index (κ2) is 18.8. The number of carbonyl (C=O) groups is 3. The van der Waals surface area contributed by atoms with Crippen molar-refractivity contribution < 1.29 is 27.5 Å². The first-order chi connectivity index (χ1) is 26.1. The minimum Gasteiger partial charge on any atom is -0.444 e. The van der Waals surface area contributed by atoms with E-state index in [9.17, 15) is 22.8 Å². The maximum Gasteiger partial charge on any atom is 0.408 e. The van der Waals surface area contributed by atoms with Crippen molar-refractivity contribution in [3.05, 3.63) is 53.4 Å². The molecule has 1 aliphatic heterocycles. The van der Waals surface area contributed by atoms with Crippen molar-refractivity contribution in [3.8, 4) is 0 Å². The molecule has 2 fully saturated rings. The van der Waals surface area contributed by atoms with Crippen LogP contribution in [0.4, 0.5) is 10.6 Å². The third-order valence-electron chi connectivity index (χ3n) is 10.4. The molecule has 5 rings (SSSR count). The van der Waals surface area contributed by atoms with Crippen LogP contribution in [-0.4, -0.2) is 90.4 Å². The topological polar surface area (TPSA) is 214 Å². The summed E-state index contributed by atoms with van der Waals surface area (Å²) < 4.78 is 34.2. The predicted molar refractivity (Wildman–Crippen MR) is 213 cm³/mol. The van der Waals surface area contributed by atoms with Gasteiger partial charge in [0.25, 0.3) is 0 Å². The number of nitrogens with zero attached hydrogens (tertiary/aromatic N) is 3. The van der Waals surface area contributed by atoms with Crippen molar-refractivity contribution >= 4 is 56.4 Å². The average Bonchev–Trinajstić information content (AvgIpc) is 3.63. The molecule has 1 aliphatic carbocycles. The van der Waals surface area contributed by atoms with E-state index in [2.05, 4.69) is 40.5 Å². The molecule has 0 radical (unpaired) electrons. The number of nitrogens with two attached hydrogens (primary N) is 1. The molecule has 2 aliphatic rings. The summed E-state index contributed by atoms with van der Waals surface area (Å²) in [5, 5.41) is 10.2. The van der Waals surface area contributed by atoms with Crippen LogP contribution in [-0.2, 0) is 24.3 Å². The van der Waals surface area contributed by atoms with Gasteiger partial charge in [-0.1, -0.05) is 43.0 Å². The number of ether oxygens (including phenoxy) is 1. The van der Waals surface area contributed by atoms with Gasteiger partial charge in [0.05, 0.1) is 23.2 Å². The van der Waals surface area contributed by atoms with Crippen LogP contribution < -0.4 is 31.3 Å². The molecule has 17 heteroatoms. The van der Waals surface area contributed by atoms with Gasteiger partial charge in [-0.05, 0) is 95.4 Å². The number of H-pyrrole nitrogens is 1. The highest BCUT2D eigenvalue weighted by atomic mass is 35.5. The Bertz CT molecular complexity index is 1850. The average molecular weight is 802 g/mol. The van der Waals surface area contributed by atoms with Gasteiger partial charge in [0.15, 0.2) is 0 Å². The summed E-state index contributed by atoms with van der Waals surface area (Å²) in [6, 6.07) is 7.73. The highest BCUT2D eigenvalue weighted by molar-refractivity contribution is 7.89. The highest BCUT2D eigenvalue weighted by Gasteiger charge is 2.45. The fourth-order valence-corrected chi connectivity index (χ4v) is 8.60. The van der Waals surface area contributed by atoms with E-state index in [0.717, 1.165) is 42.5 Å². The molecule has 0 spiro atoms. The monoisotopic (exact) mass is 801 g/mol. The summed E-state index contributed by atoms with van der Waals surface area (Å²) in [6.07, 6.45) is 9.44. The number of halogens is 1. The van der Waals surface area contributed by atoms with Crippen molar-refractivity contribution in [2.75, 3.05) is 36.8 Å². The molecule has 15 nitrogen and oxygen atoms in total. The minimum absolute atomic E-state index is 0.0452. The standard InChI is InChI=1S/C38H56ClN9O6S/c1-37(2,3)54-36(51)47-38(17-22-48(23-18-38)33-29-15-20-41-32(29)43-25-44-33)35(50)46-30(26-11-13-28(39)14-12-26)16-21-45-55(52,53)24-8-7-19-42-34(49)31(40)27-9-5-4-6-10-27/h11-15,20,25,27,30-31,45H,4-10,16-19,21-24,40H2,1-3H3,(H,42,49)(H,46,50)(H,47,51)(H,41,43,44)/t30-,31+/m0/s1. The van der Waals surface area contributed by atoms with Crippen LogP contribution >= 0.6 is 11.6 Å². The van der Waals surface area contributed by atoms with Gasteiger partial charge in [-0.2, -0.15) is 0 Å². The Hall–Kier alpha value is -3.99. The fraction of sp³-hybridized carbons (Fsp3) is 0.605. The zero-order chi connectivity index (χ0) is 39.6. The predicted octanol–water partition coefficient (Wildman–Crippen LogP) is 4.45. The number of aromatic nitrogens is 3. The number of unbranched alkanes of at least 4 members (excludes halogenated alkanes) is 1. The first-order valence-corrected chi connectivity index (χ1v) is 21.3. The number of sulfonamides is 1. The van der Waals surface area contributed by atoms with Crippen LogP contribution in [0.1, 0.15) is 96.6 Å². The number of carbonyl (C=O) groups excluding carboxylic acids is 3. The number of fused-ring (bicyclic) bond motifs is 1. The van der Waals surface area contributed by atoms with Crippen LogP contribution in [0.3, 0.4) is 0 Å². The molecular weight excluding hydrogens is 746 g/mol. The van der Waals surface area contributed by atoms with E-state index in [1.807, 2.05) is 6.07 Å². The number of aromatic amines is 1. The molecular formula is C38H56ClN9O6S.